The predicted octanol–water partition coefficient (Wildman–Crippen LogP) is 5.46. The molecule has 0 aromatic heterocycles. The lowest BCUT2D eigenvalue weighted by Crippen LogP contribution is -2.41. The maximum atomic E-state index is 13.2. The number of hydrogen-bond acceptors (Lipinski definition) is 2. The molecule has 4 rings (SSSR count). The zero-order chi connectivity index (χ0) is 17.9. The molecule has 2 saturated carbocycles. The maximum Gasteiger partial charge on any atom is 0.238 e. The van der Waals surface area contributed by atoms with E-state index in [4.69, 9.17) is 0 Å². The summed E-state index contributed by atoms with van der Waals surface area (Å²) in [6.45, 7) is 2.21. The molecule has 1 amide bonds. The highest BCUT2D eigenvalue weighted by Gasteiger charge is 2.42. The number of nitrogens with one attached hydrogen (secondary N) is 1. The van der Waals surface area contributed by atoms with Crippen LogP contribution in [-0.4, -0.2) is 11.9 Å². The Bertz CT molecular complexity index is 732. The van der Waals surface area contributed by atoms with Crippen LogP contribution in [0.5, 0.6) is 0 Å². The first-order valence-corrected chi connectivity index (χ1v) is 10.7. The molecular formula is C23H27NOS. The fraction of sp³-hybridized carbons (Fsp3) is 0.435. The topological polar surface area (TPSA) is 29.1 Å². The van der Waals surface area contributed by atoms with Crippen LogP contribution < -0.4 is 5.32 Å². The molecule has 0 radical (unpaired) electrons. The molecule has 2 fully saturated rings. The quantitative estimate of drug-likeness (QED) is 0.689. The Morgan fingerprint density at radius 2 is 1.69 bits per heavy atom. The van der Waals surface area contributed by atoms with Crippen LogP contribution in [0.3, 0.4) is 0 Å². The van der Waals surface area contributed by atoms with Crippen LogP contribution in [0.25, 0.3) is 0 Å². The monoisotopic (exact) mass is 365 g/mol. The van der Waals surface area contributed by atoms with E-state index in [1.807, 2.05) is 36.4 Å². The SMILES string of the molecule is C[C@H](NC(=O)[C@@H](Sc1ccccc1)c1ccccc1)[C@@H]1C[C@H]2CC[C@H]1C2. The number of thioether (sulfide) groups is 1. The van der Waals surface area contributed by atoms with Crippen LogP contribution >= 0.6 is 11.8 Å². The molecule has 2 aromatic carbocycles. The minimum atomic E-state index is -0.209. The van der Waals surface area contributed by atoms with Crippen LogP contribution in [0.15, 0.2) is 65.6 Å². The summed E-state index contributed by atoms with van der Waals surface area (Å²) in [6, 6.07) is 20.6. The highest BCUT2D eigenvalue weighted by Crippen LogP contribution is 2.49. The Hall–Kier alpha value is -1.74. The van der Waals surface area contributed by atoms with Gasteiger partial charge in [0.25, 0.3) is 0 Å². The van der Waals surface area contributed by atoms with Gasteiger partial charge in [-0.1, -0.05) is 55.0 Å². The van der Waals surface area contributed by atoms with Gasteiger partial charge in [0.2, 0.25) is 5.91 Å². The fourth-order valence-electron chi connectivity index (χ4n) is 4.85. The van der Waals surface area contributed by atoms with Crippen molar-refractivity contribution in [1.29, 1.82) is 0 Å². The summed E-state index contributed by atoms with van der Waals surface area (Å²) < 4.78 is 0. The molecule has 2 bridgehead atoms. The third-order valence-corrected chi connectivity index (χ3v) is 7.41. The van der Waals surface area contributed by atoms with Crippen molar-refractivity contribution in [2.24, 2.45) is 17.8 Å². The van der Waals surface area contributed by atoms with Crippen molar-refractivity contribution in [2.75, 3.05) is 0 Å². The van der Waals surface area contributed by atoms with Crippen molar-refractivity contribution in [3.63, 3.8) is 0 Å². The first kappa shape index (κ1) is 17.7. The van der Waals surface area contributed by atoms with Gasteiger partial charge in [-0.3, -0.25) is 4.79 Å². The van der Waals surface area contributed by atoms with Gasteiger partial charge >= 0.3 is 0 Å². The summed E-state index contributed by atoms with van der Waals surface area (Å²) in [6.07, 6.45) is 5.44. The summed E-state index contributed by atoms with van der Waals surface area (Å²) in [4.78, 5) is 14.3. The van der Waals surface area contributed by atoms with Crippen molar-refractivity contribution in [3.05, 3.63) is 66.2 Å². The zero-order valence-corrected chi connectivity index (χ0v) is 16.1. The highest BCUT2D eigenvalue weighted by atomic mass is 32.2. The van der Waals surface area contributed by atoms with E-state index in [0.717, 1.165) is 22.3 Å². The van der Waals surface area contributed by atoms with Crippen molar-refractivity contribution >= 4 is 17.7 Å². The molecule has 0 aliphatic heterocycles. The van der Waals surface area contributed by atoms with E-state index in [2.05, 4.69) is 36.5 Å². The van der Waals surface area contributed by atoms with E-state index in [1.165, 1.54) is 25.7 Å². The minimum Gasteiger partial charge on any atom is -0.352 e. The largest absolute Gasteiger partial charge is 0.352 e. The molecule has 0 spiro atoms. The molecule has 0 unspecified atom stereocenters. The van der Waals surface area contributed by atoms with E-state index in [1.54, 1.807) is 11.8 Å². The van der Waals surface area contributed by atoms with Crippen LogP contribution in [0.1, 0.15) is 43.4 Å². The highest BCUT2D eigenvalue weighted by molar-refractivity contribution is 8.00. The molecule has 0 saturated heterocycles. The van der Waals surface area contributed by atoms with Gasteiger partial charge in [-0.05, 0) is 61.6 Å². The molecular weight excluding hydrogens is 338 g/mol. The second kappa shape index (κ2) is 7.87. The summed E-state index contributed by atoms with van der Waals surface area (Å²) in [5.41, 5.74) is 1.07. The van der Waals surface area contributed by atoms with Gasteiger partial charge < -0.3 is 5.32 Å². The van der Waals surface area contributed by atoms with Gasteiger partial charge in [0, 0.05) is 10.9 Å². The Labute approximate surface area is 160 Å². The normalized spacial score (nSPS) is 26.4. The van der Waals surface area contributed by atoms with Gasteiger partial charge in [0.1, 0.15) is 5.25 Å². The van der Waals surface area contributed by atoms with Crippen molar-refractivity contribution in [1.82, 2.24) is 5.32 Å². The number of benzene rings is 2. The third kappa shape index (κ3) is 3.83. The number of amides is 1. The number of carbonyl (C=O) groups excluding carboxylic acids is 1. The standard InChI is InChI=1S/C23H27NOS/c1-16(21-15-17-12-13-19(21)14-17)24-23(25)22(18-8-4-2-5-9-18)26-20-10-6-3-7-11-20/h2-11,16-17,19,21-22H,12-15H2,1H3,(H,24,25)/t16-,17-,19-,21-,22-/m0/s1. The van der Waals surface area contributed by atoms with Gasteiger partial charge in [-0.15, -0.1) is 11.8 Å². The Balaban J connectivity index is 1.48. The summed E-state index contributed by atoms with van der Waals surface area (Å²) in [7, 11) is 0. The van der Waals surface area contributed by atoms with E-state index >= 15 is 0 Å². The Kier molecular flexibility index (Phi) is 5.35. The smallest absolute Gasteiger partial charge is 0.238 e. The average Bonchev–Trinajstić information content (AvgIpc) is 3.31. The lowest BCUT2D eigenvalue weighted by Gasteiger charge is -2.30. The van der Waals surface area contributed by atoms with Crippen LogP contribution in [0.4, 0.5) is 0 Å². The second-order valence-corrected chi connectivity index (χ2v) is 9.04. The molecule has 136 valence electrons. The third-order valence-electron chi connectivity index (χ3n) is 6.14. The van der Waals surface area contributed by atoms with Gasteiger partial charge in [0.15, 0.2) is 0 Å². The molecule has 2 aliphatic rings. The number of fused-ring (bicyclic) bond motifs is 2. The second-order valence-electron chi connectivity index (χ2n) is 7.86. The van der Waals surface area contributed by atoms with E-state index in [0.29, 0.717) is 5.92 Å². The van der Waals surface area contributed by atoms with E-state index in [9.17, 15) is 4.79 Å². The van der Waals surface area contributed by atoms with Crippen molar-refractivity contribution in [3.8, 4) is 0 Å². The molecule has 26 heavy (non-hydrogen) atoms. The fourth-order valence-corrected chi connectivity index (χ4v) is 5.90. The van der Waals surface area contributed by atoms with Gasteiger partial charge in [0.05, 0.1) is 0 Å². The number of carbonyl (C=O) groups is 1. The lowest BCUT2D eigenvalue weighted by molar-refractivity contribution is -0.121. The first-order valence-electron chi connectivity index (χ1n) is 9.77. The lowest BCUT2D eigenvalue weighted by atomic mass is 9.84. The predicted molar refractivity (Wildman–Crippen MR) is 108 cm³/mol. The molecule has 5 atom stereocenters. The van der Waals surface area contributed by atoms with E-state index < -0.39 is 0 Å². The van der Waals surface area contributed by atoms with Crippen molar-refractivity contribution < 1.29 is 4.79 Å². The van der Waals surface area contributed by atoms with Crippen LogP contribution in [0.2, 0.25) is 0 Å². The average molecular weight is 366 g/mol. The molecule has 1 N–H and O–H groups in total. The number of hydrogen-bond donors (Lipinski definition) is 1. The Morgan fingerprint density at radius 3 is 2.31 bits per heavy atom. The van der Waals surface area contributed by atoms with Crippen LogP contribution in [0, 0.1) is 17.8 Å². The van der Waals surface area contributed by atoms with Gasteiger partial charge in [-0.2, -0.15) is 0 Å². The number of rotatable bonds is 6. The summed E-state index contributed by atoms with van der Waals surface area (Å²) >= 11 is 1.64. The Morgan fingerprint density at radius 1 is 1.00 bits per heavy atom. The maximum absolute atomic E-state index is 13.2. The zero-order valence-electron chi connectivity index (χ0n) is 15.3. The van der Waals surface area contributed by atoms with E-state index in [-0.39, 0.29) is 17.2 Å². The minimum absolute atomic E-state index is 0.139. The molecule has 2 aliphatic carbocycles. The molecule has 2 nitrogen and oxygen atoms in total. The van der Waals surface area contributed by atoms with Crippen LogP contribution in [-0.2, 0) is 4.79 Å². The summed E-state index contributed by atoms with van der Waals surface area (Å²) in [5, 5.41) is 3.16. The molecule has 2 aromatic rings. The summed E-state index contributed by atoms with van der Waals surface area (Å²) in [5.74, 6) is 2.54. The van der Waals surface area contributed by atoms with Crippen molar-refractivity contribution in [2.45, 2.75) is 48.8 Å². The first-order chi connectivity index (χ1) is 12.7. The molecule has 0 heterocycles. The molecule has 3 heteroatoms. The van der Waals surface area contributed by atoms with Gasteiger partial charge in [-0.25, -0.2) is 0 Å².